The van der Waals surface area contributed by atoms with Gasteiger partial charge in [-0.1, -0.05) is 44.8 Å². The maximum Gasteiger partial charge on any atom is 0.0721 e. The molecule has 0 unspecified atom stereocenters. The fourth-order valence-electron chi connectivity index (χ4n) is 1.79. The Morgan fingerprint density at radius 2 is 1.70 bits per heavy atom. The third kappa shape index (κ3) is 17.5. The summed E-state index contributed by atoms with van der Waals surface area (Å²) < 4.78 is 5.48. The van der Waals surface area contributed by atoms with Crippen molar-refractivity contribution in [3.63, 3.8) is 0 Å². The number of hydrogen-bond acceptors (Lipinski definition) is 1. The first-order chi connectivity index (χ1) is 9.91. The highest BCUT2D eigenvalue weighted by atomic mass is 35.5. The molecule has 1 nitrogen and oxygen atoms in total. The third-order valence-electron chi connectivity index (χ3n) is 2.99. The standard InChI is InChI=1S/C18H31ClO/c1-2-3-4-5-6-7-8-11-14-17-20-18-15-12-9-10-13-16-19/h8-9,11,15H,2-7,10,13-14,16-18H2,1H3/b11-8-. The van der Waals surface area contributed by atoms with Gasteiger partial charge in [-0.2, -0.15) is 0 Å². The summed E-state index contributed by atoms with van der Waals surface area (Å²) in [4.78, 5) is 0. The Morgan fingerprint density at radius 1 is 0.900 bits per heavy atom. The second-order valence-corrected chi connectivity index (χ2v) is 5.32. The number of unbranched alkanes of at least 4 members (excludes halogenated alkanes) is 6. The van der Waals surface area contributed by atoms with E-state index in [9.17, 15) is 0 Å². The molecule has 0 radical (unpaired) electrons. The first kappa shape index (κ1) is 19.5. The van der Waals surface area contributed by atoms with Gasteiger partial charge in [0, 0.05) is 5.88 Å². The molecule has 0 aliphatic rings. The first-order valence-electron chi connectivity index (χ1n) is 8.10. The van der Waals surface area contributed by atoms with Crippen molar-refractivity contribution in [2.24, 2.45) is 0 Å². The molecular weight excluding hydrogens is 268 g/mol. The quantitative estimate of drug-likeness (QED) is 0.164. The Hall–Kier alpha value is -0.490. The molecule has 0 spiro atoms. The second-order valence-electron chi connectivity index (χ2n) is 4.94. The Morgan fingerprint density at radius 3 is 2.50 bits per heavy atom. The molecule has 0 heterocycles. The molecule has 0 aliphatic carbocycles. The van der Waals surface area contributed by atoms with Gasteiger partial charge in [0.25, 0.3) is 0 Å². The Kier molecular flexibility index (Phi) is 18.1. The minimum Gasteiger partial charge on any atom is -0.376 e. The number of rotatable bonds is 14. The third-order valence-corrected chi connectivity index (χ3v) is 3.26. The molecular formula is C18H31ClO. The Bertz CT molecular complexity index is 265. The van der Waals surface area contributed by atoms with Crippen LogP contribution in [0.4, 0.5) is 0 Å². The molecule has 0 amide bonds. The summed E-state index contributed by atoms with van der Waals surface area (Å²) in [6.07, 6.45) is 19.5. The van der Waals surface area contributed by atoms with Crippen LogP contribution in [0.3, 0.4) is 0 Å². The highest BCUT2D eigenvalue weighted by molar-refractivity contribution is 6.17. The fourth-order valence-corrected chi connectivity index (χ4v) is 1.94. The summed E-state index contributed by atoms with van der Waals surface area (Å²) in [6.45, 7) is 3.71. The van der Waals surface area contributed by atoms with Crippen molar-refractivity contribution in [3.05, 3.63) is 30.0 Å². The number of alkyl halides is 1. The number of hydrogen-bond donors (Lipinski definition) is 0. The summed E-state index contributed by atoms with van der Waals surface area (Å²) in [7, 11) is 0. The van der Waals surface area contributed by atoms with Crippen molar-refractivity contribution in [1.29, 1.82) is 0 Å². The maximum atomic E-state index is 5.58. The van der Waals surface area contributed by atoms with E-state index in [2.05, 4.69) is 24.8 Å². The average molecular weight is 299 g/mol. The highest BCUT2D eigenvalue weighted by Crippen LogP contribution is 2.05. The van der Waals surface area contributed by atoms with Gasteiger partial charge < -0.3 is 4.74 Å². The van der Waals surface area contributed by atoms with Crippen molar-refractivity contribution in [2.45, 2.75) is 64.7 Å². The van der Waals surface area contributed by atoms with Crippen LogP contribution >= 0.6 is 11.6 Å². The van der Waals surface area contributed by atoms with Crippen LogP contribution in [0.5, 0.6) is 0 Å². The van der Waals surface area contributed by atoms with Gasteiger partial charge in [-0.3, -0.25) is 0 Å². The van der Waals surface area contributed by atoms with E-state index >= 15 is 0 Å². The molecule has 2 heteroatoms. The molecule has 0 bridgehead atoms. The predicted molar refractivity (Wildman–Crippen MR) is 90.6 cm³/mol. The van der Waals surface area contributed by atoms with E-state index < -0.39 is 0 Å². The lowest BCUT2D eigenvalue weighted by atomic mass is 10.1. The molecule has 0 saturated heterocycles. The van der Waals surface area contributed by atoms with E-state index in [1.807, 2.05) is 12.2 Å². The minimum absolute atomic E-state index is 0.655. The summed E-state index contributed by atoms with van der Waals surface area (Å²) in [5.74, 6) is 0.722. The van der Waals surface area contributed by atoms with Crippen LogP contribution in [-0.2, 0) is 4.74 Å². The van der Waals surface area contributed by atoms with E-state index in [0.29, 0.717) is 6.61 Å². The van der Waals surface area contributed by atoms with Crippen LogP contribution < -0.4 is 0 Å². The van der Waals surface area contributed by atoms with E-state index in [1.54, 1.807) is 0 Å². The zero-order chi connectivity index (χ0) is 14.7. The fraction of sp³-hybridized carbons (Fsp3) is 0.722. The van der Waals surface area contributed by atoms with Gasteiger partial charge in [-0.05, 0) is 44.3 Å². The van der Waals surface area contributed by atoms with E-state index in [-0.39, 0.29) is 0 Å². The molecule has 0 aliphatic heterocycles. The minimum atomic E-state index is 0.655. The predicted octanol–water partition coefficient (Wildman–Crippen LogP) is 6.04. The average Bonchev–Trinajstić information content (AvgIpc) is 2.47. The molecule has 0 fully saturated rings. The van der Waals surface area contributed by atoms with Gasteiger partial charge in [-0.15, -0.1) is 17.3 Å². The molecule has 0 saturated carbocycles. The molecule has 0 aromatic heterocycles. The maximum absolute atomic E-state index is 5.58. The number of ether oxygens (including phenoxy) is 1. The van der Waals surface area contributed by atoms with Gasteiger partial charge >= 0.3 is 0 Å². The van der Waals surface area contributed by atoms with Crippen molar-refractivity contribution in [3.8, 4) is 0 Å². The smallest absolute Gasteiger partial charge is 0.0721 e. The van der Waals surface area contributed by atoms with E-state index in [4.69, 9.17) is 16.3 Å². The number of allylic oxidation sites excluding steroid dienone is 1. The molecule has 116 valence electrons. The van der Waals surface area contributed by atoms with Gasteiger partial charge in [0.2, 0.25) is 0 Å². The lowest BCUT2D eigenvalue weighted by Crippen LogP contribution is -1.91. The van der Waals surface area contributed by atoms with E-state index in [1.165, 1.54) is 38.5 Å². The van der Waals surface area contributed by atoms with Crippen LogP contribution in [0, 0.1) is 0 Å². The summed E-state index contributed by atoms with van der Waals surface area (Å²) in [6, 6.07) is 0. The van der Waals surface area contributed by atoms with Crippen LogP contribution in [0.25, 0.3) is 0 Å². The van der Waals surface area contributed by atoms with Crippen LogP contribution in [0.1, 0.15) is 64.7 Å². The van der Waals surface area contributed by atoms with Gasteiger partial charge in [0.15, 0.2) is 0 Å². The summed E-state index contributed by atoms with van der Waals surface area (Å²) in [5, 5.41) is 0. The van der Waals surface area contributed by atoms with Crippen LogP contribution in [-0.4, -0.2) is 19.1 Å². The molecule has 0 N–H and O–H groups in total. The Labute approximate surface area is 130 Å². The monoisotopic (exact) mass is 298 g/mol. The van der Waals surface area contributed by atoms with Gasteiger partial charge in [0.1, 0.15) is 0 Å². The molecule has 0 aromatic carbocycles. The van der Waals surface area contributed by atoms with Gasteiger partial charge in [-0.25, -0.2) is 0 Å². The Balaban J connectivity index is 3.21. The first-order valence-corrected chi connectivity index (χ1v) is 8.63. The summed E-state index contributed by atoms with van der Waals surface area (Å²) in [5.41, 5.74) is 3.10. The second kappa shape index (κ2) is 18.5. The lowest BCUT2D eigenvalue weighted by Gasteiger charge is -1.97. The largest absolute Gasteiger partial charge is 0.376 e. The van der Waals surface area contributed by atoms with Gasteiger partial charge in [0.05, 0.1) is 13.2 Å². The van der Waals surface area contributed by atoms with Crippen molar-refractivity contribution in [1.82, 2.24) is 0 Å². The van der Waals surface area contributed by atoms with Crippen LogP contribution in [0.2, 0.25) is 0 Å². The molecule has 20 heavy (non-hydrogen) atoms. The van der Waals surface area contributed by atoms with E-state index in [0.717, 1.165) is 31.7 Å². The molecule has 0 rings (SSSR count). The van der Waals surface area contributed by atoms with Crippen molar-refractivity contribution >= 4 is 11.6 Å². The lowest BCUT2D eigenvalue weighted by molar-refractivity contribution is 0.167. The van der Waals surface area contributed by atoms with Crippen LogP contribution in [0.15, 0.2) is 30.0 Å². The molecule has 0 atom stereocenters. The molecule has 0 aromatic rings. The number of halogens is 1. The topological polar surface area (TPSA) is 9.23 Å². The summed E-state index contributed by atoms with van der Waals surface area (Å²) >= 11 is 5.58. The normalized spacial score (nSPS) is 10.7. The SMILES string of the molecule is CCCCCCC/C=C\CCOCC=C=CCCCCl. The zero-order valence-electron chi connectivity index (χ0n) is 13.1. The zero-order valence-corrected chi connectivity index (χ0v) is 13.8. The van der Waals surface area contributed by atoms with Crippen molar-refractivity contribution in [2.75, 3.05) is 19.1 Å². The highest BCUT2D eigenvalue weighted by Gasteiger charge is 1.86. The van der Waals surface area contributed by atoms with Crippen molar-refractivity contribution < 1.29 is 4.74 Å².